The number of phenolic OH excluding ortho intramolecular Hbond substituents is 1. The first kappa shape index (κ1) is 16.8. The van der Waals surface area contributed by atoms with Gasteiger partial charge in [0.2, 0.25) is 0 Å². The topological polar surface area (TPSA) is 132 Å². The number of nitriles is 1. The number of methoxy groups -OCH3 is 1. The molecule has 0 aliphatic heterocycles. The number of amides is 1. The highest BCUT2D eigenvalue weighted by atomic mass is 19.1. The van der Waals surface area contributed by atoms with E-state index in [1.165, 1.54) is 19.2 Å². The van der Waals surface area contributed by atoms with Crippen LogP contribution in [-0.2, 0) is 0 Å². The zero-order valence-electron chi connectivity index (χ0n) is 12.6. The van der Waals surface area contributed by atoms with Crippen LogP contribution in [-0.4, -0.2) is 24.1 Å². The van der Waals surface area contributed by atoms with E-state index < -0.39 is 23.4 Å². The average Bonchev–Trinajstić information content (AvgIpc) is 2.52. The van der Waals surface area contributed by atoms with Gasteiger partial charge in [-0.2, -0.15) is 5.26 Å². The van der Waals surface area contributed by atoms with Crippen molar-refractivity contribution in [1.82, 2.24) is 5.32 Å². The van der Waals surface area contributed by atoms with E-state index >= 15 is 0 Å². The molecule has 0 bridgehead atoms. The van der Waals surface area contributed by atoms with Gasteiger partial charge in [0.05, 0.1) is 24.3 Å². The number of aromatic hydroxyl groups is 1. The molecule has 8 heteroatoms. The Balaban J connectivity index is 2.79. The quantitative estimate of drug-likeness (QED) is 0.503. The van der Waals surface area contributed by atoms with E-state index in [1.54, 1.807) is 0 Å². The van der Waals surface area contributed by atoms with Gasteiger partial charge in [0.15, 0.2) is 5.96 Å². The Morgan fingerprint density at radius 1 is 1.42 bits per heavy atom. The molecule has 0 radical (unpaired) electrons. The molecular weight excluding hydrogens is 315 g/mol. The number of guanidine groups is 1. The van der Waals surface area contributed by atoms with Crippen LogP contribution in [0.5, 0.6) is 11.5 Å². The lowest BCUT2D eigenvalue weighted by atomic mass is 9.93. The highest BCUT2D eigenvalue weighted by Gasteiger charge is 2.22. The van der Waals surface area contributed by atoms with E-state index in [2.05, 4.69) is 0 Å². The maximum absolute atomic E-state index is 13.8. The highest BCUT2D eigenvalue weighted by Crippen LogP contribution is 2.35. The molecule has 5 N–H and O–H groups in total. The molecule has 2 aromatic rings. The summed E-state index contributed by atoms with van der Waals surface area (Å²) in [5, 5.41) is 28.5. The molecule has 2 rings (SSSR count). The number of rotatable bonds is 3. The van der Waals surface area contributed by atoms with Crippen LogP contribution in [0.2, 0.25) is 0 Å². The molecule has 0 aliphatic carbocycles. The molecule has 0 heterocycles. The van der Waals surface area contributed by atoms with Crippen LogP contribution in [0.3, 0.4) is 0 Å². The fourth-order valence-electron chi connectivity index (χ4n) is 2.22. The van der Waals surface area contributed by atoms with Crippen molar-refractivity contribution in [2.45, 2.75) is 0 Å². The number of benzene rings is 2. The molecule has 0 saturated carbocycles. The van der Waals surface area contributed by atoms with Crippen molar-refractivity contribution in [1.29, 1.82) is 10.7 Å². The lowest BCUT2D eigenvalue weighted by Gasteiger charge is -2.14. The second-order valence-electron chi connectivity index (χ2n) is 4.74. The predicted molar refractivity (Wildman–Crippen MR) is 84.1 cm³/mol. The summed E-state index contributed by atoms with van der Waals surface area (Å²) in [6.45, 7) is 0. The standard InChI is InChI=1S/C16H13FN4O3/c1-24-11-5-9(4-10(17)6-11)13-8(7-18)2-3-12(22)14(13)15(23)21-16(19)20/h2-6,22H,1H3,(H4,19,20,21,23). The monoisotopic (exact) mass is 328 g/mol. The van der Waals surface area contributed by atoms with Crippen LogP contribution >= 0.6 is 0 Å². The molecule has 24 heavy (non-hydrogen) atoms. The van der Waals surface area contributed by atoms with Crippen molar-refractivity contribution in [2.24, 2.45) is 5.73 Å². The van der Waals surface area contributed by atoms with Crippen LogP contribution in [0.1, 0.15) is 15.9 Å². The first-order valence-electron chi connectivity index (χ1n) is 6.63. The molecule has 0 spiro atoms. The largest absolute Gasteiger partial charge is 0.507 e. The maximum Gasteiger partial charge on any atom is 0.262 e. The lowest BCUT2D eigenvalue weighted by Crippen LogP contribution is -2.36. The van der Waals surface area contributed by atoms with E-state index in [0.717, 1.165) is 18.2 Å². The number of carbonyl (C=O) groups is 1. The second-order valence-corrected chi connectivity index (χ2v) is 4.74. The Kier molecular flexibility index (Phi) is 4.65. The molecule has 0 fully saturated rings. The van der Waals surface area contributed by atoms with Gasteiger partial charge < -0.3 is 15.6 Å². The average molecular weight is 328 g/mol. The van der Waals surface area contributed by atoms with E-state index in [0.29, 0.717) is 0 Å². The summed E-state index contributed by atoms with van der Waals surface area (Å²) < 4.78 is 18.8. The third-order valence-corrected chi connectivity index (χ3v) is 3.17. The van der Waals surface area contributed by atoms with Gasteiger partial charge in [0.25, 0.3) is 5.91 Å². The lowest BCUT2D eigenvalue weighted by molar-refractivity contribution is 0.0974. The normalized spacial score (nSPS) is 9.88. The summed E-state index contributed by atoms with van der Waals surface area (Å²) in [7, 11) is 1.34. The minimum absolute atomic E-state index is 0.00838. The van der Waals surface area contributed by atoms with Crippen molar-refractivity contribution in [3.05, 3.63) is 47.3 Å². The smallest absolute Gasteiger partial charge is 0.262 e. The Bertz CT molecular complexity index is 874. The molecule has 7 nitrogen and oxygen atoms in total. The van der Waals surface area contributed by atoms with Gasteiger partial charge in [-0.1, -0.05) is 0 Å². The van der Waals surface area contributed by atoms with Crippen molar-refractivity contribution in [2.75, 3.05) is 7.11 Å². The Morgan fingerprint density at radius 3 is 2.71 bits per heavy atom. The van der Waals surface area contributed by atoms with E-state index in [4.69, 9.17) is 15.9 Å². The highest BCUT2D eigenvalue weighted by molar-refractivity contribution is 6.10. The van der Waals surface area contributed by atoms with Crippen molar-refractivity contribution < 1.29 is 19.0 Å². The fourth-order valence-corrected chi connectivity index (χ4v) is 2.22. The van der Waals surface area contributed by atoms with Crippen LogP contribution in [0.4, 0.5) is 4.39 Å². The summed E-state index contributed by atoms with van der Waals surface area (Å²) in [4.78, 5) is 12.3. The molecular formula is C16H13FN4O3. The van der Waals surface area contributed by atoms with Crippen molar-refractivity contribution in [3.63, 3.8) is 0 Å². The first-order valence-corrected chi connectivity index (χ1v) is 6.63. The molecule has 1 amide bonds. The van der Waals surface area contributed by atoms with Gasteiger partial charge in [0, 0.05) is 11.6 Å². The Labute approximate surface area is 136 Å². The third-order valence-electron chi connectivity index (χ3n) is 3.17. The molecule has 0 atom stereocenters. The zero-order chi connectivity index (χ0) is 17.9. The van der Waals surface area contributed by atoms with Gasteiger partial charge in [0.1, 0.15) is 17.3 Å². The molecule has 0 saturated heterocycles. The van der Waals surface area contributed by atoms with Crippen LogP contribution in [0.15, 0.2) is 30.3 Å². The van der Waals surface area contributed by atoms with Crippen molar-refractivity contribution in [3.8, 4) is 28.7 Å². The number of ether oxygens (including phenoxy) is 1. The summed E-state index contributed by atoms with van der Waals surface area (Å²) in [5.41, 5.74) is 5.04. The van der Waals surface area contributed by atoms with E-state index in [1.807, 2.05) is 11.4 Å². The van der Waals surface area contributed by atoms with Crippen LogP contribution in [0, 0.1) is 22.6 Å². The summed E-state index contributed by atoms with van der Waals surface area (Å²) in [6.07, 6.45) is 0. The first-order chi connectivity index (χ1) is 11.4. The Morgan fingerprint density at radius 2 is 2.12 bits per heavy atom. The maximum atomic E-state index is 13.8. The summed E-state index contributed by atoms with van der Waals surface area (Å²) in [5.74, 6) is -2.43. The molecule has 0 aromatic heterocycles. The fraction of sp³-hybridized carbons (Fsp3) is 0.0625. The minimum Gasteiger partial charge on any atom is -0.507 e. The minimum atomic E-state index is -0.893. The number of nitrogens with one attached hydrogen (secondary N) is 2. The van der Waals surface area contributed by atoms with E-state index in [-0.39, 0.29) is 28.0 Å². The Hall–Kier alpha value is -3.60. The van der Waals surface area contributed by atoms with Crippen LogP contribution in [0.25, 0.3) is 11.1 Å². The van der Waals surface area contributed by atoms with Gasteiger partial charge in [-0.05, 0) is 29.8 Å². The number of carbonyl (C=O) groups excluding carboxylic acids is 1. The van der Waals surface area contributed by atoms with Gasteiger partial charge in [-0.25, -0.2) is 4.39 Å². The zero-order valence-corrected chi connectivity index (χ0v) is 12.6. The van der Waals surface area contributed by atoms with Gasteiger partial charge in [-0.15, -0.1) is 0 Å². The molecule has 122 valence electrons. The van der Waals surface area contributed by atoms with Gasteiger partial charge in [-0.3, -0.25) is 15.5 Å². The van der Waals surface area contributed by atoms with E-state index in [9.17, 15) is 19.6 Å². The summed E-state index contributed by atoms with van der Waals surface area (Å²) in [6, 6.07) is 8.00. The number of phenols is 1. The number of nitrogens with zero attached hydrogens (tertiary/aromatic N) is 1. The molecule has 0 aliphatic rings. The second kappa shape index (κ2) is 6.66. The number of hydrogen-bond donors (Lipinski definition) is 4. The number of hydrogen-bond acceptors (Lipinski definition) is 5. The molecule has 2 aromatic carbocycles. The predicted octanol–water partition coefficient (Wildman–Crippen LogP) is 1.70. The van der Waals surface area contributed by atoms with Crippen LogP contribution < -0.4 is 15.8 Å². The third kappa shape index (κ3) is 3.25. The SMILES string of the molecule is COc1cc(F)cc(-c2c(C#N)ccc(O)c2C(=O)NC(=N)N)c1. The summed E-state index contributed by atoms with van der Waals surface area (Å²) >= 11 is 0. The van der Waals surface area contributed by atoms with Crippen molar-refractivity contribution >= 4 is 11.9 Å². The number of nitrogens with two attached hydrogens (primary N) is 1. The number of halogens is 1. The van der Waals surface area contributed by atoms with Gasteiger partial charge >= 0.3 is 0 Å². The molecule has 0 unspecified atom stereocenters.